The van der Waals surface area contributed by atoms with Crippen LogP contribution in [0, 0.1) is 0 Å². The molecule has 7 heteroatoms. The van der Waals surface area contributed by atoms with Crippen LogP contribution < -0.4 is 5.46 Å². The standard InChI is InChI=1S/C16H25BN4O2/c1-7-19-9-12(8-18-6)14-20-10-13(11-21-14)17-22-15(2,3)16(4,5)23-17/h7-8,10-12H,9H2,1-6H3. The zero-order chi connectivity index (χ0) is 17.1. The molecule has 1 aromatic heterocycles. The van der Waals surface area contributed by atoms with Crippen LogP contribution in [-0.4, -0.2) is 54.3 Å². The fraction of sp³-hybridized carbons (Fsp3) is 0.625. The van der Waals surface area contributed by atoms with Crippen LogP contribution in [0.1, 0.15) is 46.4 Å². The van der Waals surface area contributed by atoms with Crippen molar-refractivity contribution in [3.63, 3.8) is 0 Å². The first-order chi connectivity index (χ1) is 10.8. The van der Waals surface area contributed by atoms with Gasteiger partial charge in [0, 0.05) is 31.1 Å². The summed E-state index contributed by atoms with van der Waals surface area (Å²) in [6.45, 7) is 10.6. The van der Waals surface area contributed by atoms with Gasteiger partial charge in [-0.15, -0.1) is 0 Å². The molecule has 0 spiro atoms. The second-order valence-corrected chi connectivity index (χ2v) is 6.60. The minimum Gasteiger partial charge on any atom is -0.399 e. The predicted octanol–water partition coefficient (Wildman–Crippen LogP) is 1.65. The van der Waals surface area contributed by atoms with Gasteiger partial charge in [-0.05, 0) is 40.8 Å². The average molecular weight is 316 g/mol. The lowest BCUT2D eigenvalue weighted by atomic mass is 9.81. The molecule has 1 fully saturated rings. The molecule has 124 valence electrons. The fourth-order valence-electron chi connectivity index (χ4n) is 2.23. The average Bonchev–Trinajstić information content (AvgIpc) is 2.72. The first-order valence-corrected chi connectivity index (χ1v) is 7.85. The van der Waals surface area contributed by atoms with Crippen LogP contribution in [-0.2, 0) is 9.31 Å². The van der Waals surface area contributed by atoms with Crippen LogP contribution in [0.25, 0.3) is 0 Å². The Kier molecular flexibility index (Phi) is 5.32. The summed E-state index contributed by atoms with van der Waals surface area (Å²) in [7, 11) is 1.29. The van der Waals surface area contributed by atoms with Gasteiger partial charge in [0.2, 0.25) is 0 Å². The van der Waals surface area contributed by atoms with E-state index in [2.05, 4.69) is 20.0 Å². The molecule has 0 aromatic carbocycles. The predicted molar refractivity (Wildman–Crippen MR) is 93.9 cm³/mol. The van der Waals surface area contributed by atoms with E-state index < -0.39 is 7.12 Å². The first kappa shape index (κ1) is 17.8. The van der Waals surface area contributed by atoms with Gasteiger partial charge in [-0.3, -0.25) is 4.99 Å². The number of aliphatic imine (C=N–C) groups is 2. The van der Waals surface area contributed by atoms with Crippen LogP contribution >= 0.6 is 0 Å². The van der Waals surface area contributed by atoms with Crippen LogP contribution in [0.3, 0.4) is 0 Å². The molecule has 0 aliphatic carbocycles. The maximum atomic E-state index is 6.01. The van der Waals surface area contributed by atoms with E-state index in [-0.39, 0.29) is 17.1 Å². The van der Waals surface area contributed by atoms with E-state index in [1.54, 1.807) is 25.7 Å². The van der Waals surface area contributed by atoms with Crippen LogP contribution in [0.15, 0.2) is 22.4 Å². The molecule has 1 aliphatic heterocycles. The summed E-state index contributed by atoms with van der Waals surface area (Å²) in [5.74, 6) is 0.671. The Labute approximate surface area is 138 Å². The summed E-state index contributed by atoms with van der Waals surface area (Å²) in [4.78, 5) is 17.2. The molecular weight excluding hydrogens is 291 g/mol. The van der Waals surface area contributed by atoms with E-state index in [4.69, 9.17) is 9.31 Å². The molecular formula is C16H25BN4O2. The lowest BCUT2D eigenvalue weighted by Gasteiger charge is -2.32. The number of hydrogen-bond acceptors (Lipinski definition) is 6. The van der Waals surface area contributed by atoms with Crippen molar-refractivity contribution in [3.05, 3.63) is 18.2 Å². The molecule has 0 amide bonds. The minimum absolute atomic E-state index is 0.0245. The second kappa shape index (κ2) is 6.89. The Hall–Kier alpha value is -1.60. The van der Waals surface area contributed by atoms with Crippen molar-refractivity contribution >= 4 is 25.0 Å². The largest absolute Gasteiger partial charge is 0.498 e. The van der Waals surface area contributed by atoms with Gasteiger partial charge in [-0.2, -0.15) is 0 Å². The molecule has 0 bridgehead atoms. The highest BCUT2D eigenvalue weighted by molar-refractivity contribution is 6.61. The smallest absolute Gasteiger partial charge is 0.399 e. The monoisotopic (exact) mass is 316 g/mol. The highest BCUT2D eigenvalue weighted by Gasteiger charge is 2.51. The van der Waals surface area contributed by atoms with Gasteiger partial charge < -0.3 is 14.3 Å². The van der Waals surface area contributed by atoms with Gasteiger partial charge in [-0.25, -0.2) is 9.97 Å². The number of nitrogens with zero attached hydrogens (tertiary/aromatic N) is 4. The van der Waals surface area contributed by atoms with Gasteiger partial charge in [0.05, 0.1) is 23.7 Å². The Bertz CT molecular complexity index is 568. The van der Waals surface area contributed by atoms with Gasteiger partial charge in [0.15, 0.2) is 0 Å². The van der Waals surface area contributed by atoms with E-state index in [0.29, 0.717) is 12.4 Å². The molecule has 0 radical (unpaired) electrons. The molecule has 23 heavy (non-hydrogen) atoms. The van der Waals surface area contributed by atoms with Crippen molar-refractivity contribution < 1.29 is 9.31 Å². The van der Waals surface area contributed by atoms with Gasteiger partial charge in [-0.1, -0.05) is 0 Å². The Morgan fingerprint density at radius 2 is 1.74 bits per heavy atom. The summed E-state index contributed by atoms with van der Waals surface area (Å²) in [6, 6.07) is 0. The molecule has 6 nitrogen and oxygen atoms in total. The van der Waals surface area contributed by atoms with Crippen LogP contribution in [0.5, 0.6) is 0 Å². The quantitative estimate of drug-likeness (QED) is 0.612. The van der Waals surface area contributed by atoms with Crippen LogP contribution in [0.4, 0.5) is 0 Å². The zero-order valence-corrected chi connectivity index (χ0v) is 14.8. The summed E-state index contributed by atoms with van der Waals surface area (Å²) in [5, 5.41) is 0. The van der Waals surface area contributed by atoms with Crippen molar-refractivity contribution in [1.29, 1.82) is 0 Å². The maximum absolute atomic E-state index is 6.01. The van der Waals surface area contributed by atoms with Crippen molar-refractivity contribution in [2.45, 2.75) is 51.7 Å². The van der Waals surface area contributed by atoms with Gasteiger partial charge >= 0.3 is 7.12 Å². The molecule has 0 N–H and O–H groups in total. The zero-order valence-electron chi connectivity index (χ0n) is 14.8. The molecule has 2 heterocycles. The first-order valence-electron chi connectivity index (χ1n) is 7.85. The normalized spacial score (nSPS) is 21.4. The third-order valence-corrected chi connectivity index (χ3v) is 4.36. The van der Waals surface area contributed by atoms with E-state index in [1.165, 1.54) is 0 Å². The Morgan fingerprint density at radius 1 is 1.17 bits per heavy atom. The van der Waals surface area contributed by atoms with E-state index >= 15 is 0 Å². The lowest BCUT2D eigenvalue weighted by Crippen LogP contribution is -2.41. The topological polar surface area (TPSA) is 69.0 Å². The van der Waals surface area contributed by atoms with Crippen molar-refractivity contribution in [1.82, 2.24) is 9.97 Å². The Balaban J connectivity index is 2.16. The molecule has 1 unspecified atom stereocenters. The van der Waals surface area contributed by atoms with Crippen molar-refractivity contribution in [3.8, 4) is 0 Å². The van der Waals surface area contributed by atoms with Crippen LogP contribution in [0.2, 0.25) is 0 Å². The fourth-order valence-corrected chi connectivity index (χ4v) is 2.23. The third-order valence-electron chi connectivity index (χ3n) is 4.36. The molecule has 1 saturated heterocycles. The maximum Gasteiger partial charge on any atom is 0.498 e. The summed E-state index contributed by atoms with van der Waals surface area (Å²) in [6.07, 6.45) is 7.11. The number of hydrogen-bond donors (Lipinski definition) is 0. The van der Waals surface area contributed by atoms with Gasteiger partial charge in [0.25, 0.3) is 0 Å². The van der Waals surface area contributed by atoms with E-state index in [1.807, 2.05) is 40.8 Å². The minimum atomic E-state index is -0.444. The highest BCUT2D eigenvalue weighted by atomic mass is 16.7. The second-order valence-electron chi connectivity index (χ2n) is 6.60. The van der Waals surface area contributed by atoms with E-state index in [9.17, 15) is 0 Å². The number of aromatic nitrogens is 2. The summed E-state index contributed by atoms with van der Waals surface area (Å²) in [5.41, 5.74) is 0.0752. The Morgan fingerprint density at radius 3 is 2.22 bits per heavy atom. The molecule has 1 atom stereocenters. The lowest BCUT2D eigenvalue weighted by molar-refractivity contribution is 0.00578. The SMILES string of the molecule is CC=NCC(C=NC)c1ncc(B2OC(C)(C)C(C)(C)O2)cn1. The molecule has 0 saturated carbocycles. The molecule has 2 rings (SSSR count). The summed E-state index contributed by atoms with van der Waals surface area (Å²) < 4.78 is 12.0. The van der Waals surface area contributed by atoms with Gasteiger partial charge in [0.1, 0.15) is 5.82 Å². The summed E-state index contributed by atoms with van der Waals surface area (Å²) >= 11 is 0. The highest BCUT2D eigenvalue weighted by Crippen LogP contribution is 2.36. The number of rotatable bonds is 5. The third kappa shape index (κ3) is 3.84. The molecule has 1 aliphatic rings. The van der Waals surface area contributed by atoms with E-state index in [0.717, 1.165) is 5.46 Å². The molecule has 1 aromatic rings. The van der Waals surface area contributed by atoms with Crippen molar-refractivity contribution in [2.24, 2.45) is 9.98 Å². The van der Waals surface area contributed by atoms with Crippen molar-refractivity contribution in [2.75, 3.05) is 13.6 Å².